The number of hydrogen-bond donors (Lipinski definition) is 0. The molecular weight excluding hydrogens is 372 g/mol. The van der Waals surface area contributed by atoms with Crippen LogP contribution in [0.15, 0.2) is 64.7 Å². The first-order chi connectivity index (χ1) is 13.7. The highest BCUT2D eigenvalue weighted by molar-refractivity contribution is 7.98. The van der Waals surface area contributed by atoms with Crippen molar-refractivity contribution in [2.24, 2.45) is 0 Å². The normalized spacial score (nSPS) is 11.2. The Morgan fingerprint density at radius 3 is 2.79 bits per heavy atom. The molecule has 4 aromatic rings. The maximum absolute atomic E-state index is 12.2. The maximum atomic E-state index is 12.2. The molecule has 0 unspecified atom stereocenters. The maximum Gasteiger partial charge on any atom is 0.258 e. The average molecular weight is 392 g/mol. The van der Waals surface area contributed by atoms with E-state index in [1.165, 1.54) is 34.6 Å². The molecule has 8 heteroatoms. The molecule has 0 saturated heterocycles. The summed E-state index contributed by atoms with van der Waals surface area (Å²) in [6, 6.07) is 15.4. The fourth-order valence-corrected chi connectivity index (χ4v) is 3.71. The number of aromatic nitrogens is 6. The van der Waals surface area contributed by atoms with E-state index in [1.54, 1.807) is 16.9 Å². The highest BCUT2D eigenvalue weighted by atomic mass is 32.2. The van der Waals surface area contributed by atoms with Gasteiger partial charge in [0.25, 0.3) is 5.56 Å². The second kappa shape index (κ2) is 8.35. The van der Waals surface area contributed by atoms with Crippen LogP contribution in [-0.2, 0) is 12.2 Å². The first-order valence-electron chi connectivity index (χ1n) is 9.22. The molecular formula is C20H20N6OS. The molecule has 0 aliphatic heterocycles. The van der Waals surface area contributed by atoms with Gasteiger partial charge in [0.1, 0.15) is 5.65 Å². The summed E-state index contributed by atoms with van der Waals surface area (Å²) in [4.78, 5) is 16.8. The number of thioether (sulfide) groups is 1. The van der Waals surface area contributed by atoms with Crippen LogP contribution in [0.4, 0.5) is 0 Å². The predicted octanol–water partition coefficient (Wildman–Crippen LogP) is 3.31. The van der Waals surface area contributed by atoms with Crippen molar-refractivity contribution in [1.82, 2.24) is 29.6 Å². The van der Waals surface area contributed by atoms with Crippen molar-refractivity contribution in [1.29, 1.82) is 0 Å². The van der Waals surface area contributed by atoms with Gasteiger partial charge >= 0.3 is 0 Å². The van der Waals surface area contributed by atoms with Gasteiger partial charge in [-0.15, -0.1) is 5.10 Å². The molecule has 0 atom stereocenters. The van der Waals surface area contributed by atoms with Crippen molar-refractivity contribution < 1.29 is 0 Å². The minimum atomic E-state index is -0.0940. The largest absolute Gasteiger partial charge is 0.269 e. The zero-order valence-corrected chi connectivity index (χ0v) is 16.3. The molecule has 28 heavy (non-hydrogen) atoms. The molecule has 3 aromatic heterocycles. The molecule has 0 aliphatic carbocycles. The Hall–Kier alpha value is -3.00. The van der Waals surface area contributed by atoms with E-state index < -0.39 is 0 Å². The molecule has 0 aliphatic rings. The molecule has 0 spiro atoms. The number of benzene rings is 1. The smallest absolute Gasteiger partial charge is 0.258 e. The first kappa shape index (κ1) is 18.4. The quantitative estimate of drug-likeness (QED) is 0.449. The zero-order chi connectivity index (χ0) is 19.3. The van der Waals surface area contributed by atoms with E-state index in [0.717, 1.165) is 12.1 Å². The number of fused-ring (bicyclic) bond motifs is 1. The Balaban J connectivity index is 1.51. The molecule has 0 fully saturated rings. The van der Waals surface area contributed by atoms with Crippen molar-refractivity contribution >= 4 is 17.4 Å². The van der Waals surface area contributed by atoms with E-state index in [1.807, 2.05) is 30.3 Å². The molecule has 4 rings (SSSR count). The summed E-state index contributed by atoms with van der Waals surface area (Å²) in [5, 5.41) is 12.7. The standard InChI is InChI=1S/C20H20N6OS/c1-2-3-6-15-8-10-17(11-9-15)26-20(22-23-24-26)28-14-16-13-19(27)25-12-5-4-7-18(25)21-16/h4-5,7-13H,2-3,6,14H2,1H3. The lowest BCUT2D eigenvalue weighted by atomic mass is 10.1. The molecule has 7 nitrogen and oxygen atoms in total. The van der Waals surface area contributed by atoms with Gasteiger partial charge < -0.3 is 0 Å². The third kappa shape index (κ3) is 3.96. The number of hydrogen-bond acceptors (Lipinski definition) is 6. The van der Waals surface area contributed by atoms with Crippen molar-refractivity contribution in [3.8, 4) is 5.69 Å². The van der Waals surface area contributed by atoms with Crippen LogP contribution in [0.1, 0.15) is 31.0 Å². The number of pyridine rings is 1. The number of tetrazole rings is 1. The van der Waals surface area contributed by atoms with Crippen LogP contribution >= 0.6 is 11.8 Å². The molecule has 0 bridgehead atoms. The van der Waals surface area contributed by atoms with Crippen molar-refractivity contribution in [2.75, 3.05) is 0 Å². The fraction of sp³-hybridized carbons (Fsp3) is 0.250. The number of unbranched alkanes of at least 4 members (excludes halogenated alkanes) is 1. The lowest BCUT2D eigenvalue weighted by molar-refractivity contribution is 0.753. The minimum absolute atomic E-state index is 0.0940. The predicted molar refractivity (Wildman–Crippen MR) is 109 cm³/mol. The summed E-state index contributed by atoms with van der Waals surface area (Å²) >= 11 is 1.45. The number of aryl methyl sites for hydroxylation is 1. The van der Waals surface area contributed by atoms with E-state index in [4.69, 9.17) is 0 Å². The Morgan fingerprint density at radius 2 is 1.96 bits per heavy atom. The van der Waals surface area contributed by atoms with Gasteiger partial charge in [0, 0.05) is 18.0 Å². The van der Waals surface area contributed by atoms with E-state index in [-0.39, 0.29) is 5.56 Å². The summed E-state index contributed by atoms with van der Waals surface area (Å²) < 4.78 is 3.24. The second-order valence-electron chi connectivity index (χ2n) is 6.45. The molecule has 3 heterocycles. The van der Waals surface area contributed by atoms with Crippen LogP contribution in [-0.4, -0.2) is 29.6 Å². The van der Waals surface area contributed by atoms with E-state index in [0.29, 0.717) is 22.3 Å². The highest BCUT2D eigenvalue weighted by Gasteiger charge is 2.11. The van der Waals surface area contributed by atoms with Gasteiger partial charge in [-0.2, -0.15) is 4.68 Å². The van der Waals surface area contributed by atoms with Crippen LogP contribution in [0, 0.1) is 0 Å². The zero-order valence-electron chi connectivity index (χ0n) is 15.5. The third-order valence-electron chi connectivity index (χ3n) is 4.41. The molecule has 142 valence electrons. The van der Waals surface area contributed by atoms with Crippen LogP contribution in [0.2, 0.25) is 0 Å². The van der Waals surface area contributed by atoms with Gasteiger partial charge in [-0.3, -0.25) is 9.20 Å². The molecule has 0 saturated carbocycles. The Morgan fingerprint density at radius 1 is 1.11 bits per heavy atom. The second-order valence-corrected chi connectivity index (χ2v) is 7.39. The fourth-order valence-electron chi connectivity index (χ4n) is 2.93. The van der Waals surface area contributed by atoms with E-state index >= 15 is 0 Å². The molecule has 0 amide bonds. The SMILES string of the molecule is CCCCc1ccc(-n2nnnc2SCc2cc(=O)n3ccccc3n2)cc1. The Bertz CT molecular complexity index is 1140. The lowest BCUT2D eigenvalue weighted by Gasteiger charge is -2.06. The monoisotopic (exact) mass is 392 g/mol. The average Bonchev–Trinajstić information content (AvgIpc) is 3.20. The summed E-state index contributed by atoms with van der Waals surface area (Å²) in [6.07, 6.45) is 5.16. The van der Waals surface area contributed by atoms with Gasteiger partial charge in [0.2, 0.25) is 5.16 Å². The van der Waals surface area contributed by atoms with E-state index in [9.17, 15) is 4.79 Å². The van der Waals surface area contributed by atoms with Crippen LogP contribution in [0.5, 0.6) is 0 Å². The number of nitrogens with zero attached hydrogens (tertiary/aromatic N) is 6. The third-order valence-corrected chi connectivity index (χ3v) is 5.37. The van der Waals surface area contributed by atoms with Gasteiger partial charge in [0.15, 0.2) is 0 Å². The van der Waals surface area contributed by atoms with E-state index in [2.05, 4.69) is 39.6 Å². The van der Waals surface area contributed by atoms with Crippen molar-refractivity contribution in [3.05, 3.63) is 76.3 Å². The summed E-state index contributed by atoms with van der Waals surface area (Å²) in [5.74, 6) is 0.510. The summed E-state index contributed by atoms with van der Waals surface area (Å²) in [6.45, 7) is 2.19. The van der Waals surface area contributed by atoms with Crippen molar-refractivity contribution in [3.63, 3.8) is 0 Å². The summed E-state index contributed by atoms with van der Waals surface area (Å²) in [7, 11) is 0. The number of rotatable bonds is 7. The van der Waals surface area contributed by atoms with Crippen LogP contribution in [0.25, 0.3) is 11.3 Å². The highest BCUT2D eigenvalue weighted by Crippen LogP contribution is 2.22. The van der Waals surface area contributed by atoms with Crippen LogP contribution < -0.4 is 5.56 Å². The minimum Gasteiger partial charge on any atom is -0.269 e. The molecule has 1 aromatic carbocycles. The topological polar surface area (TPSA) is 78.0 Å². The van der Waals surface area contributed by atoms with Gasteiger partial charge in [0.05, 0.1) is 11.4 Å². The summed E-state index contributed by atoms with van der Waals surface area (Å²) in [5.41, 5.74) is 3.47. The van der Waals surface area contributed by atoms with Gasteiger partial charge in [-0.25, -0.2) is 4.98 Å². The van der Waals surface area contributed by atoms with Crippen LogP contribution in [0.3, 0.4) is 0 Å². The molecule has 0 N–H and O–H groups in total. The van der Waals surface area contributed by atoms with Crippen molar-refractivity contribution in [2.45, 2.75) is 37.1 Å². The van der Waals surface area contributed by atoms with Gasteiger partial charge in [-0.1, -0.05) is 43.3 Å². The Labute approximate surface area is 166 Å². The van der Waals surface area contributed by atoms with Gasteiger partial charge in [-0.05, 0) is 53.1 Å². The Kier molecular flexibility index (Phi) is 5.48. The molecule has 0 radical (unpaired) electrons. The lowest BCUT2D eigenvalue weighted by Crippen LogP contribution is -2.14. The first-order valence-corrected chi connectivity index (χ1v) is 10.2.